The van der Waals surface area contributed by atoms with Gasteiger partial charge < -0.3 is 5.32 Å². The fourth-order valence-corrected chi connectivity index (χ4v) is 3.62. The van der Waals surface area contributed by atoms with Gasteiger partial charge in [-0.25, -0.2) is 13.1 Å². The fourth-order valence-electron chi connectivity index (χ4n) is 2.04. The normalized spacial score (nSPS) is 10.8. The molecule has 2 rings (SSSR count). The molecule has 0 spiro atoms. The Morgan fingerprint density at radius 1 is 1.07 bits per heavy atom. The average Bonchev–Trinajstić information content (AvgIpc) is 2.56. The molecule has 0 unspecified atom stereocenters. The van der Waals surface area contributed by atoms with Crippen molar-refractivity contribution in [2.45, 2.75) is 18.7 Å². The summed E-state index contributed by atoms with van der Waals surface area (Å²) in [4.78, 5) is 23.1. The topological polar surface area (TPSA) is 104 Å². The summed E-state index contributed by atoms with van der Waals surface area (Å²) in [6.07, 6.45) is 0. The van der Waals surface area contributed by atoms with Crippen molar-refractivity contribution >= 4 is 60.8 Å². The lowest BCUT2D eigenvalue weighted by Crippen LogP contribution is -2.34. The number of thiocarbonyl (C=S) groups is 1. The van der Waals surface area contributed by atoms with E-state index in [0.29, 0.717) is 11.3 Å². The minimum Gasteiger partial charge on any atom is -0.332 e. The standard InChI is InChI=1S/C17H16BrN3O4S2/c1-10-3-4-12(9-15(10)18)16(23)20-17(26)19-13-5-7-14(8-6-13)27(24,25)21-11(2)22/h3-9H,1-2H3,(H,21,22)(H2,19,20,23,26). The summed E-state index contributed by atoms with van der Waals surface area (Å²) in [7, 11) is -3.90. The molecule has 0 heterocycles. The molecule has 0 aliphatic carbocycles. The van der Waals surface area contributed by atoms with E-state index in [1.807, 2.05) is 17.7 Å². The molecule has 0 saturated carbocycles. The molecule has 2 amide bonds. The molecule has 0 fully saturated rings. The molecule has 142 valence electrons. The summed E-state index contributed by atoms with van der Waals surface area (Å²) in [5.41, 5.74) is 1.92. The Morgan fingerprint density at radius 2 is 1.70 bits per heavy atom. The van der Waals surface area contributed by atoms with Crippen molar-refractivity contribution in [1.82, 2.24) is 10.0 Å². The third-order valence-corrected chi connectivity index (χ3v) is 5.87. The predicted molar refractivity (Wildman–Crippen MR) is 110 cm³/mol. The summed E-state index contributed by atoms with van der Waals surface area (Å²) in [6, 6.07) is 10.7. The van der Waals surface area contributed by atoms with E-state index >= 15 is 0 Å². The Morgan fingerprint density at radius 3 is 2.26 bits per heavy atom. The minimum absolute atomic E-state index is 0.0640. The van der Waals surface area contributed by atoms with Crippen LogP contribution in [-0.4, -0.2) is 25.3 Å². The number of hydrogen-bond donors (Lipinski definition) is 3. The van der Waals surface area contributed by atoms with Crippen LogP contribution in [0.3, 0.4) is 0 Å². The second-order valence-electron chi connectivity index (χ2n) is 5.56. The van der Waals surface area contributed by atoms with Gasteiger partial charge in [-0.15, -0.1) is 0 Å². The highest BCUT2D eigenvalue weighted by atomic mass is 79.9. The molecular weight excluding hydrogens is 454 g/mol. The molecule has 0 aliphatic heterocycles. The number of nitrogens with one attached hydrogen (secondary N) is 3. The van der Waals surface area contributed by atoms with Crippen molar-refractivity contribution in [3.8, 4) is 0 Å². The van der Waals surface area contributed by atoms with Crippen molar-refractivity contribution in [3.63, 3.8) is 0 Å². The predicted octanol–water partition coefficient (Wildman–Crippen LogP) is 2.71. The third kappa shape index (κ3) is 5.84. The van der Waals surface area contributed by atoms with Gasteiger partial charge in [-0.1, -0.05) is 22.0 Å². The van der Waals surface area contributed by atoms with Gasteiger partial charge in [-0.3, -0.25) is 14.9 Å². The van der Waals surface area contributed by atoms with Gasteiger partial charge in [-0.2, -0.15) is 0 Å². The minimum atomic E-state index is -3.90. The first kappa shape index (κ1) is 21.0. The SMILES string of the molecule is CC(=O)NS(=O)(=O)c1ccc(NC(=S)NC(=O)c2ccc(C)c(Br)c2)cc1. The van der Waals surface area contributed by atoms with Gasteiger partial charge in [0, 0.05) is 22.6 Å². The first-order valence-corrected chi connectivity index (χ1v) is 10.3. The maximum absolute atomic E-state index is 12.2. The molecular formula is C17H16BrN3O4S2. The zero-order valence-electron chi connectivity index (χ0n) is 14.4. The molecule has 0 aromatic heterocycles. The Balaban J connectivity index is 2.02. The molecule has 3 N–H and O–H groups in total. The number of benzene rings is 2. The molecule has 0 atom stereocenters. The summed E-state index contributed by atoms with van der Waals surface area (Å²) >= 11 is 8.47. The monoisotopic (exact) mass is 469 g/mol. The maximum Gasteiger partial charge on any atom is 0.264 e. The van der Waals surface area contributed by atoms with Crippen LogP contribution in [0.4, 0.5) is 5.69 Å². The summed E-state index contributed by atoms with van der Waals surface area (Å²) in [6.45, 7) is 3.02. The van der Waals surface area contributed by atoms with Crippen molar-refractivity contribution in [2.24, 2.45) is 0 Å². The number of amides is 2. The smallest absolute Gasteiger partial charge is 0.264 e. The van der Waals surface area contributed by atoms with Gasteiger partial charge in [0.1, 0.15) is 0 Å². The highest BCUT2D eigenvalue weighted by Crippen LogP contribution is 2.18. The third-order valence-electron chi connectivity index (χ3n) is 3.36. The van der Waals surface area contributed by atoms with Gasteiger partial charge >= 0.3 is 0 Å². The van der Waals surface area contributed by atoms with Crippen molar-refractivity contribution in [3.05, 3.63) is 58.1 Å². The first-order chi connectivity index (χ1) is 12.6. The van der Waals surface area contributed by atoms with Gasteiger partial charge in [0.15, 0.2) is 5.11 Å². The molecule has 7 nitrogen and oxygen atoms in total. The van der Waals surface area contributed by atoms with Crippen LogP contribution in [0.5, 0.6) is 0 Å². The zero-order chi connectivity index (χ0) is 20.2. The Hall–Kier alpha value is -2.30. The maximum atomic E-state index is 12.2. The number of aryl methyl sites for hydroxylation is 1. The van der Waals surface area contributed by atoms with E-state index in [0.717, 1.165) is 17.0 Å². The van der Waals surface area contributed by atoms with Crippen molar-refractivity contribution in [2.75, 3.05) is 5.32 Å². The van der Waals surface area contributed by atoms with Crippen LogP contribution in [-0.2, 0) is 14.8 Å². The molecule has 0 aliphatic rings. The van der Waals surface area contributed by atoms with E-state index < -0.39 is 15.9 Å². The molecule has 10 heteroatoms. The van der Waals surface area contributed by atoms with E-state index in [1.165, 1.54) is 24.3 Å². The lowest BCUT2D eigenvalue weighted by atomic mass is 10.1. The number of sulfonamides is 1. The van der Waals surface area contributed by atoms with Gasteiger partial charge in [0.2, 0.25) is 5.91 Å². The Labute approximate surface area is 170 Å². The molecule has 0 radical (unpaired) electrons. The van der Waals surface area contributed by atoms with Crippen LogP contribution in [0.15, 0.2) is 51.8 Å². The molecule has 2 aromatic carbocycles. The van der Waals surface area contributed by atoms with E-state index in [-0.39, 0.29) is 15.9 Å². The Bertz CT molecular complexity index is 1010. The van der Waals surface area contributed by atoms with Crippen molar-refractivity contribution in [1.29, 1.82) is 0 Å². The summed E-state index contributed by atoms with van der Waals surface area (Å²) in [5, 5.41) is 5.41. The lowest BCUT2D eigenvalue weighted by molar-refractivity contribution is -0.117. The van der Waals surface area contributed by atoms with Crippen LogP contribution >= 0.6 is 28.1 Å². The number of halogens is 1. The lowest BCUT2D eigenvalue weighted by Gasteiger charge is -2.11. The Kier molecular flexibility index (Phi) is 6.68. The van der Waals surface area contributed by atoms with Crippen LogP contribution < -0.4 is 15.4 Å². The van der Waals surface area contributed by atoms with E-state index in [4.69, 9.17) is 12.2 Å². The fraction of sp³-hybridized carbons (Fsp3) is 0.118. The number of anilines is 1. The molecule has 0 saturated heterocycles. The largest absolute Gasteiger partial charge is 0.332 e. The second-order valence-corrected chi connectivity index (χ2v) is 8.50. The van der Waals surface area contributed by atoms with E-state index in [1.54, 1.807) is 12.1 Å². The molecule has 2 aromatic rings. The summed E-state index contributed by atoms with van der Waals surface area (Å²) in [5.74, 6) is -1.05. The van der Waals surface area contributed by atoms with Crippen LogP contribution in [0, 0.1) is 6.92 Å². The summed E-state index contributed by atoms with van der Waals surface area (Å²) < 4.78 is 26.5. The van der Waals surface area contributed by atoms with Gasteiger partial charge in [0.05, 0.1) is 4.90 Å². The van der Waals surface area contributed by atoms with Crippen molar-refractivity contribution < 1.29 is 18.0 Å². The highest BCUT2D eigenvalue weighted by molar-refractivity contribution is 9.10. The van der Waals surface area contributed by atoms with Crippen LogP contribution in [0.2, 0.25) is 0 Å². The number of rotatable bonds is 4. The first-order valence-electron chi connectivity index (χ1n) is 7.60. The van der Waals surface area contributed by atoms with Crippen LogP contribution in [0.25, 0.3) is 0 Å². The van der Waals surface area contributed by atoms with Crippen LogP contribution in [0.1, 0.15) is 22.8 Å². The van der Waals surface area contributed by atoms with E-state index in [2.05, 4.69) is 26.6 Å². The number of carbonyl (C=O) groups is 2. The highest BCUT2D eigenvalue weighted by Gasteiger charge is 2.15. The molecule has 27 heavy (non-hydrogen) atoms. The molecule has 0 bridgehead atoms. The zero-order valence-corrected chi connectivity index (χ0v) is 17.6. The number of hydrogen-bond acceptors (Lipinski definition) is 5. The van der Waals surface area contributed by atoms with Gasteiger partial charge in [0.25, 0.3) is 15.9 Å². The van der Waals surface area contributed by atoms with E-state index in [9.17, 15) is 18.0 Å². The quantitative estimate of drug-likeness (QED) is 0.594. The second kappa shape index (κ2) is 8.59. The number of carbonyl (C=O) groups excluding carboxylic acids is 2. The van der Waals surface area contributed by atoms with Gasteiger partial charge in [-0.05, 0) is 61.1 Å². The average molecular weight is 470 g/mol.